The highest BCUT2D eigenvalue weighted by atomic mass is 16.3. The van der Waals surface area contributed by atoms with Crippen LogP contribution < -0.4 is 0 Å². The van der Waals surface area contributed by atoms with Gasteiger partial charge in [-0.2, -0.15) is 0 Å². The fourth-order valence-electron chi connectivity index (χ4n) is 5.60. The Bertz CT molecular complexity index is 293. The van der Waals surface area contributed by atoms with Crippen molar-refractivity contribution in [2.45, 2.75) is 65.9 Å². The molecular formula is C15H26O. The fourth-order valence-corrected chi connectivity index (χ4v) is 5.60. The summed E-state index contributed by atoms with van der Waals surface area (Å²) in [5.74, 6) is 1.56. The van der Waals surface area contributed by atoms with Gasteiger partial charge in [0.1, 0.15) is 0 Å². The SMILES string of the molecule is CC1(C)CC2C(C1)C1(C)CCCC2(C)C1O. The summed E-state index contributed by atoms with van der Waals surface area (Å²) in [6.07, 6.45) is 6.46. The Kier molecular flexibility index (Phi) is 1.98. The lowest BCUT2D eigenvalue weighted by molar-refractivity contribution is -0.0656. The monoisotopic (exact) mass is 222 g/mol. The molecule has 16 heavy (non-hydrogen) atoms. The smallest absolute Gasteiger partial charge is 0.0652 e. The van der Waals surface area contributed by atoms with E-state index in [4.69, 9.17) is 0 Å². The number of fused-ring (bicyclic) bond motifs is 5. The largest absolute Gasteiger partial charge is 0.392 e. The molecule has 1 heteroatoms. The van der Waals surface area contributed by atoms with Crippen molar-refractivity contribution in [1.29, 1.82) is 0 Å². The van der Waals surface area contributed by atoms with E-state index < -0.39 is 0 Å². The molecule has 4 atom stereocenters. The summed E-state index contributed by atoms with van der Waals surface area (Å²) in [6, 6.07) is 0. The normalized spacial score (nSPS) is 58.7. The number of aliphatic hydroxyl groups is 1. The zero-order chi connectivity index (χ0) is 11.8. The molecule has 0 saturated heterocycles. The minimum Gasteiger partial charge on any atom is -0.392 e. The summed E-state index contributed by atoms with van der Waals surface area (Å²) >= 11 is 0. The molecule has 0 aromatic rings. The van der Waals surface area contributed by atoms with E-state index in [-0.39, 0.29) is 16.9 Å². The van der Waals surface area contributed by atoms with Crippen molar-refractivity contribution in [3.8, 4) is 0 Å². The maximum Gasteiger partial charge on any atom is 0.0652 e. The standard InChI is InChI=1S/C15H26O/c1-13(2)8-10-11(9-13)15(4)7-5-6-14(10,3)12(15)16/h10-12,16H,5-9H2,1-4H3. The lowest BCUT2D eigenvalue weighted by Crippen LogP contribution is -2.44. The first kappa shape index (κ1) is 11.1. The molecule has 0 radical (unpaired) electrons. The van der Waals surface area contributed by atoms with Crippen molar-refractivity contribution in [3.05, 3.63) is 0 Å². The molecule has 0 aromatic heterocycles. The average Bonchev–Trinajstić information content (AvgIpc) is 2.54. The van der Waals surface area contributed by atoms with Crippen LogP contribution in [0.25, 0.3) is 0 Å². The van der Waals surface area contributed by atoms with E-state index in [0.717, 1.165) is 11.8 Å². The highest BCUT2D eigenvalue weighted by Crippen LogP contribution is 2.71. The second kappa shape index (κ2) is 2.85. The molecule has 2 bridgehead atoms. The summed E-state index contributed by atoms with van der Waals surface area (Å²) in [5, 5.41) is 10.7. The van der Waals surface area contributed by atoms with Crippen LogP contribution in [0.15, 0.2) is 0 Å². The Hall–Kier alpha value is -0.0400. The fraction of sp³-hybridized carbons (Fsp3) is 1.00. The van der Waals surface area contributed by atoms with Gasteiger partial charge in [0.2, 0.25) is 0 Å². The van der Waals surface area contributed by atoms with E-state index in [2.05, 4.69) is 27.7 Å². The van der Waals surface area contributed by atoms with E-state index in [1.807, 2.05) is 0 Å². The molecule has 3 aliphatic rings. The van der Waals surface area contributed by atoms with Gasteiger partial charge in [0.15, 0.2) is 0 Å². The summed E-state index contributed by atoms with van der Waals surface area (Å²) in [7, 11) is 0. The molecule has 3 aliphatic carbocycles. The molecule has 0 heterocycles. The minimum absolute atomic E-state index is 0.0418. The Morgan fingerprint density at radius 3 is 1.75 bits per heavy atom. The van der Waals surface area contributed by atoms with Crippen molar-refractivity contribution in [2.75, 3.05) is 0 Å². The molecule has 3 saturated carbocycles. The number of hydrogen-bond donors (Lipinski definition) is 1. The topological polar surface area (TPSA) is 20.2 Å². The van der Waals surface area contributed by atoms with Crippen LogP contribution in [0.2, 0.25) is 0 Å². The molecule has 1 N–H and O–H groups in total. The maximum absolute atomic E-state index is 10.7. The zero-order valence-electron chi connectivity index (χ0n) is 11.2. The van der Waals surface area contributed by atoms with Crippen LogP contribution in [0.1, 0.15) is 59.8 Å². The van der Waals surface area contributed by atoms with E-state index in [1.165, 1.54) is 32.1 Å². The van der Waals surface area contributed by atoms with Crippen LogP contribution in [0.5, 0.6) is 0 Å². The van der Waals surface area contributed by atoms with Crippen molar-refractivity contribution in [2.24, 2.45) is 28.1 Å². The van der Waals surface area contributed by atoms with Gasteiger partial charge in [-0.1, -0.05) is 34.1 Å². The highest BCUT2D eigenvalue weighted by molar-refractivity contribution is 5.16. The summed E-state index contributed by atoms with van der Waals surface area (Å²) in [6.45, 7) is 9.56. The van der Waals surface area contributed by atoms with Gasteiger partial charge in [-0.25, -0.2) is 0 Å². The van der Waals surface area contributed by atoms with Crippen LogP contribution in [0, 0.1) is 28.1 Å². The van der Waals surface area contributed by atoms with E-state index >= 15 is 0 Å². The summed E-state index contributed by atoms with van der Waals surface area (Å²) in [5.41, 5.74) is 0.964. The van der Waals surface area contributed by atoms with E-state index in [9.17, 15) is 5.11 Å². The number of hydrogen-bond acceptors (Lipinski definition) is 1. The highest BCUT2D eigenvalue weighted by Gasteiger charge is 2.67. The van der Waals surface area contributed by atoms with Crippen LogP contribution >= 0.6 is 0 Å². The second-order valence-electron chi connectivity index (χ2n) is 8.05. The first-order chi connectivity index (χ1) is 7.30. The number of rotatable bonds is 0. The minimum atomic E-state index is -0.0418. The Morgan fingerprint density at radius 1 is 0.875 bits per heavy atom. The van der Waals surface area contributed by atoms with Gasteiger partial charge in [-0.3, -0.25) is 0 Å². The van der Waals surface area contributed by atoms with Crippen molar-refractivity contribution in [1.82, 2.24) is 0 Å². The Balaban J connectivity index is 2.04. The Morgan fingerprint density at radius 2 is 1.31 bits per heavy atom. The molecule has 3 fully saturated rings. The molecule has 92 valence electrons. The van der Waals surface area contributed by atoms with Gasteiger partial charge in [0.25, 0.3) is 0 Å². The third-order valence-electron chi connectivity index (χ3n) is 6.41. The lowest BCUT2D eigenvalue weighted by Gasteiger charge is -2.44. The third kappa shape index (κ3) is 1.11. The molecule has 0 aliphatic heterocycles. The predicted octanol–water partition coefficient (Wildman–Crippen LogP) is 3.61. The van der Waals surface area contributed by atoms with Gasteiger partial charge < -0.3 is 5.11 Å². The maximum atomic E-state index is 10.7. The van der Waals surface area contributed by atoms with Crippen molar-refractivity contribution >= 4 is 0 Å². The van der Waals surface area contributed by atoms with Gasteiger partial charge in [-0.05, 0) is 53.8 Å². The van der Waals surface area contributed by atoms with Gasteiger partial charge in [-0.15, -0.1) is 0 Å². The van der Waals surface area contributed by atoms with Crippen molar-refractivity contribution in [3.63, 3.8) is 0 Å². The molecule has 0 aromatic carbocycles. The van der Waals surface area contributed by atoms with Gasteiger partial charge in [0.05, 0.1) is 6.10 Å². The average molecular weight is 222 g/mol. The summed E-state index contributed by atoms with van der Waals surface area (Å²) < 4.78 is 0. The number of aliphatic hydroxyl groups excluding tert-OH is 1. The zero-order valence-corrected chi connectivity index (χ0v) is 11.2. The molecule has 1 nitrogen and oxygen atoms in total. The lowest BCUT2D eigenvalue weighted by atomic mass is 9.63. The Labute approximate surface area is 99.6 Å². The molecular weight excluding hydrogens is 196 g/mol. The second-order valence-corrected chi connectivity index (χ2v) is 8.05. The first-order valence-corrected chi connectivity index (χ1v) is 6.98. The molecule has 3 rings (SSSR count). The van der Waals surface area contributed by atoms with Crippen LogP contribution in [0.4, 0.5) is 0 Å². The first-order valence-electron chi connectivity index (χ1n) is 6.98. The molecule has 0 amide bonds. The van der Waals surface area contributed by atoms with Gasteiger partial charge in [0, 0.05) is 0 Å². The molecule has 0 spiro atoms. The van der Waals surface area contributed by atoms with E-state index in [0.29, 0.717) is 5.41 Å². The predicted molar refractivity (Wildman–Crippen MR) is 66.1 cm³/mol. The quantitative estimate of drug-likeness (QED) is 0.664. The van der Waals surface area contributed by atoms with Gasteiger partial charge >= 0.3 is 0 Å². The van der Waals surface area contributed by atoms with Crippen LogP contribution in [0.3, 0.4) is 0 Å². The third-order valence-corrected chi connectivity index (χ3v) is 6.41. The molecule has 4 unspecified atom stereocenters. The van der Waals surface area contributed by atoms with Crippen molar-refractivity contribution < 1.29 is 5.11 Å². The van der Waals surface area contributed by atoms with Crippen LogP contribution in [-0.2, 0) is 0 Å². The van der Waals surface area contributed by atoms with Crippen LogP contribution in [-0.4, -0.2) is 11.2 Å². The van der Waals surface area contributed by atoms with E-state index in [1.54, 1.807) is 0 Å². The summed E-state index contributed by atoms with van der Waals surface area (Å²) in [4.78, 5) is 0.